The summed E-state index contributed by atoms with van der Waals surface area (Å²) in [6.45, 7) is 11.2. The molecule has 0 aromatic heterocycles. The lowest BCUT2D eigenvalue weighted by Crippen LogP contribution is -2.59. The molecule has 0 aromatic carbocycles. The first-order chi connectivity index (χ1) is 7.43. The fourth-order valence-electron chi connectivity index (χ4n) is 3.36. The maximum atomic E-state index is 6.37. The third-order valence-electron chi connectivity index (χ3n) is 4.37. The van der Waals surface area contributed by atoms with Crippen LogP contribution in [0, 0.1) is 11.8 Å². The fraction of sp³-hybridized carbons (Fsp3) is 1.00. The molecule has 1 heterocycles. The Bertz CT molecular complexity index is 239. The SMILES string of the molecule is CC(C)C1CCC2(CC1)CNCC(C)(C)O2. The van der Waals surface area contributed by atoms with E-state index in [4.69, 9.17) is 4.74 Å². The molecule has 1 saturated heterocycles. The normalized spacial score (nSPS) is 39.2. The molecule has 1 N–H and O–H groups in total. The van der Waals surface area contributed by atoms with Gasteiger partial charge in [-0.1, -0.05) is 13.8 Å². The number of ether oxygens (including phenoxy) is 1. The molecular weight excluding hydrogens is 198 g/mol. The summed E-state index contributed by atoms with van der Waals surface area (Å²) in [7, 11) is 0. The Balaban J connectivity index is 1.96. The van der Waals surface area contributed by atoms with Crippen molar-refractivity contribution < 1.29 is 4.74 Å². The van der Waals surface area contributed by atoms with E-state index >= 15 is 0 Å². The fourth-order valence-corrected chi connectivity index (χ4v) is 3.36. The molecule has 0 bridgehead atoms. The highest BCUT2D eigenvalue weighted by Gasteiger charge is 2.43. The van der Waals surface area contributed by atoms with Crippen LogP contribution in [0.5, 0.6) is 0 Å². The Morgan fingerprint density at radius 2 is 1.75 bits per heavy atom. The molecule has 2 nitrogen and oxygen atoms in total. The first kappa shape index (κ1) is 12.4. The van der Waals surface area contributed by atoms with Crippen LogP contribution in [-0.2, 0) is 4.74 Å². The van der Waals surface area contributed by atoms with Crippen molar-refractivity contribution in [2.75, 3.05) is 13.1 Å². The van der Waals surface area contributed by atoms with Gasteiger partial charge in [-0.05, 0) is 51.4 Å². The highest BCUT2D eigenvalue weighted by Crippen LogP contribution is 2.41. The maximum absolute atomic E-state index is 6.37. The van der Waals surface area contributed by atoms with Crippen LogP contribution in [0.4, 0.5) is 0 Å². The molecule has 1 saturated carbocycles. The molecule has 2 fully saturated rings. The minimum atomic E-state index is 0.0168. The molecule has 0 radical (unpaired) electrons. The molecule has 1 spiro atoms. The Morgan fingerprint density at radius 1 is 1.12 bits per heavy atom. The molecule has 94 valence electrons. The van der Waals surface area contributed by atoms with Gasteiger partial charge in [-0.3, -0.25) is 0 Å². The average Bonchev–Trinajstić information content (AvgIpc) is 2.16. The van der Waals surface area contributed by atoms with Crippen molar-refractivity contribution in [3.05, 3.63) is 0 Å². The van der Waals surface area contributed by atoms with Crippen molar-refractivity contribution in [3.63, 3.8) is 0 Å². The Kier molecular flexibility index (Phi) is 3.33. The van der Waals surface area contributed by atoms with Crippen molar-refractivity contribution in [2.24, 2.45) is 11.8 Å². The van der Waals surface area contributed by atoms with Crippen LogP contribution in [0.2, 0.25) is 0 Å². The van der Waals surface area contributed by atoms with Gasteiger partial charge in [0.2, 0.25) is 0 Å². The van der Waals surface area contributed by atoms with Crippen LogP contribution < -0.4 is 5.32 Å². The molecule has 2 heteroatoms. The number of nitrogens with one attached hydrogen (secondary N) is 1. The van der Waals surface area contributed by atoms with Crippen LogP contribution in [0.1, 0.15) is 53.4 Å². The third-order valence-corrected chi connectivity index (χ3v) is 4.37. The summed E-state index contributed by atoms with van der Waals surface area (Å²) in [5.74, 6) is 1.75. The topological polar surface area (TPSA) is 21.3 Å². The molecule has 2 rings (SSSR count). The molecule has 16 heavy (non-hydrogen) atoms. The second-order valence-corrected chi connectivity index (χ2v) is 6.73. The maximum Gasteiger partial charge on any atom is 0.0814 e. The Labute approximate surface area is 100 Å². The first-order valence-corrected chi connectivity index (χ1v) is 6.83. The van der Waals surface area contributed by atoms with E-state index in [0.29, 0.717) is 0 Å². The van der Waals surface area contributed by atoms with E-state index in [-0.39, 0.29) is 11.2 Å². The summed E-state index contributed by atoms with van der Waals surface area (Å²) in [5.41, 5.74) is 0.163. The lowest BCUT2D eigenvalue weighted by atomic mass is 9.73. The Morgan fingerprint density at radius 3 is 2.25 bits per heavy atom. The van der Waals surface area contributed by atoms with Gasteiger partial charge in [-0.25, -0.2) is 0 Å². The van der Waals surface area contributed by atoms with E-state index in [1.54, 1.807) is 0 Å². The van der Waals surface area contributed by atoms with E-state index in [0.717, 1.165) is 24.9 Å². The smallest absolute Gasteiger partial charge is 0.0814 e. The van der Waals surface area contributed by atoms with Crippen LogP contribution in [0.25, 0.3) is 0 Å². The van der Waals surface area contributed by atoms with Crippen LogP contribution in [0.3, 0.4) is 0 Å². The number of hydrogen-bond acceptors (Lipinski definition) is 2. The highest BCUT2D eigenvalue weighted by atomic mass is 16.5. The summed E-state index contributed by atoms with van der Waals surface area (Å²) in [6, 6.07) is 0. The molecule has 1 aliphatic carbocycles. The number of morpholine rings is 1. The largest absolute Gasteiger partial charge is 0.366 e. The quantitative estimate of drug-likeness (QED) is 0.741. The summed E-state index contributed by atoms with van der Waals surface area (Å²) in [4.78, 5) is 0. The zero-order valence-electron chi connectivity index (χ0n) is 11.3. The number of rotatable bonds is 1. The second-order valence-electron chi connectivity index (χ2n) is 6.73. The van der Waals surface area contributed by atoms with Gasteiger partial charge >= 0.3 is 0 Å². The predicted octanol–water partition coefficient (Wildman–Crippen LogP) is 2.97. The zero-order chi connectivity index (χ0) is 11.8. The van der Waals surface area contributed by atoms with E-state index in [1.165, 1.54) is 25.7 Å². The van der Waals surface area contributed by atoms with Crippen molar-refractivity contribution in [1.29, 1.82) is 0 Å². The van der Waals surface area contributed by atoms with Gasteiger partial charge in [0, 0.05) is 13.1 Å². The molecule has 0 unspecified atom stereocenters. The van der Waals surface area contributed by atoms with Gasteiger partial charge in [-0.2, -0.15) is 0 Å². The molecule has 0 atom stereocenters. The average molecular weight is 225 g/mol. The van der Waals surface area contributed by atoms with Gasteiger partial charge < -0.3 is 10.1 Å². The van der Waals surface area contributed by atoms with Crippen LogP contribution in [0.15, 0.2) is 0 Å². The minimum absolute atomic E-state index is 0.0168. The van der Waals surface area contributed by atoms with Crippen molar-refractivity contribution in [3.8, 4) is 0 Å². The summed E-state index contributed by atoms with van der Waals surface area (Å²) in [6.07, 6.45) is 5.17. The highest BCUT2D eigenvalue weighted by molar-refractivity contribution is 4.96. The monoisotopic (exact) mass is 225 g/mol. The third kappa shape index (κ3) is 2.60. The van der Waals surface area contributed by atoms with E-state index in [9.17, 15) is 0 Å². The molecular formula is C14H27NO. The second kappa shape index (κ2) is 4.30. The van der Waals surface area contributed by atoms with Gasteiger partial charge in [0.05, 0.1) is 11.2 Å². The molecule has 0 amide bonds. The summed E-state index contributed by atoms with van der Waals surface area (Å²) >= 11 is 0. The van der Waals surface area contributed by atoms with Crippen LogP contribution >= 0.6 is 0 Å². The summed E-state index contributed by atoms with van der Waals surface area (Å²) < 4.78 is 6.37. The summed E-state index contributed by atoms with van der Waals surface area (Å²) in [5, 5.41) is 3.55. The van der Waals surface area contributed by atoms with Crippen LogP contribution in [-0.4, -0.2) is 24.3 Å². The lowest BCUT2D eigenvalue weighted by Gasteiger charge is -2.49. The van der Waals surface area contributed by atoms with Gasteiger partial charge in [0.1, 0.15) is 0 Å². The van der Waals surface area contributed by atoms with Gasteiger partial charge in [0.25, 0.3) is 0 Å². The van der Waals surface area contributed by atoms with Crippen molar-refractivity contribution >= 4 is 0 Å². The van der Waals surface area contributed by atoms with Crippen molar-refractivity contribution in [2.45, 2.75) is 64.6 Å². The zero-order valence-corrected chi connectivity index (χ0v) is 11.3. The molecule has 0 aromatic rings. The number of hydrogen-bond donors (Lipinski definition) is 1. The van der Waals surface area contributed by atoms with E-state index < -0.39 is 0 Å². The van der Waals surface area contributed by atoms with E-state index in [1.807, 2.05) is 0 Å². The van der Waals surface area contributed by atoms with E-state index in [2.05, 4.69) is 33.0 Å². The lowest BCUT2D eigenvalue weighted by molar-refractivity contribution is -0.180. The predicted molar refractivity (Wildman–Crippen MR) is 67.6 cm³/mol. The minimum Gasteiger partial charge on any atom is -0.366 e. The molecule has 1 aliphatic heterocycles. The van der Waals surface area contributed by atoms with Gasteiger partial charge in [-0.15, -0.1) is 0 Å². The van der Waals surface area contributed by atoms with Gasteiger partial charge in [0.15, 0.2) is 0 Å². The standard InChI is InChI=1S/C14H27NO/c1-11(2)12-5-7-14(8-6-12)10-15-9-13(3,4)16-14/h11-12,15H,5-10H2,1-4H3. The molecule has 2 aliphatic rings. The van der Waals surface area contributed by atoms with Crippen molar-refractivity contribution in [1.82, 2.24) is 5.32 Å². The first-order valence-electron chi connectivity index (χ1n) is 6.83. The Hall–Kier alpha value is -0.0800.